The quantitative estimate of drug-likeness (QED) is 0.161. The fourth-order valence-electron chi connectivity index (χ4n) is 2.75. The lowest BCUT2D eigenvalue weighted by Gasteiger charge is -2.43. The van der Waals surface area contributed by atoms with Gasteiger partial charge in [-0.2, -0.15) is 83.4 Å². The minimum Gasteiger partial charge on any atom is -0.544 e. The molecule has 0 aliphatic heterocycles. The lowest BCUT2D eigenvalue weighted by Crippen LogP contribution is -2.76. The predicted octanol–water partition coefficient (Wildman–Crippen LogP) is 3.72. The molecule has 26 heteroatoms. The van der Waals surface area contributed by atoms with Crippen LogP contribution in [0.15, 0.2) is 0 Å². The molecule has 1 N–H and O–H groups in total. The minimum atomic E-state index is -9.17. The van der Waals surface area contributed by atoms with Crippen LogP contribution < -0.4 is 9.83 Å². The van der Waals surface area contributed by atoms with Crippen LogP contribution in [0.25, 0.3) is 0 Å². The molecule has 0 rings (SSSR count). The topological polar surface area (TPSA) is 86.3 Å². The molecule has 0 aromatic heterocycles. The van der Waals surface area contributed by atoms with E-state index in [1.165, 1.54) is 0 Å². The number of nitrogens with zero attached hydrogens (tertiary/aromatic N) is 1. The smallest absolute Gasteiger partial charge is 0.460 e. The normalized spacial score (nSPS) is 16.1. The van der Waals surface area contributed by atoms with E-state index in [0.29, 0.717) is 4.72 Å². The average molecular weight is 692 g/mol. The zero-order valence-corrected chi connectivity index (χ0v) is 20.8. The average Bonchev–Trinajstić information content (AvgIpc) is 2.73. The third kappa shape index (κ3) is 6.02. The van der Waals surface area contributed by atoms with Crippen LogP contribution >= 0.6 is 0 Å². The van der Waals surface area contributed by atoms with E-state index in [0.717, 1.165) is 14.1 Å². The Labute approximate surface area is 221 Å². The van der Waals surface area contributed by atoms with Gasteiger partial charge in [-0.05, 0) is 0 Å². The van der Waals surface area contributed by atoms with Crippen molar-refractivity contribution in [2.24, 2.45) is 0 Å². The van der Waals surface area contributed by atoms with Crippen LogP contribution in [0.3, 0.4) is 0 Å². The van der Waals surface area contributed by atoms with Crippen LogP contribution in [-0.2, 0) is 14.8 Å². The Kier molecular flexibility index (Phi) is 10.4. The Hall–Kier alpha value is -1.99. The van der Waals surface area contributed by atoms with E-state index in [4.69, 9.17) is 0 Å². The number of likely N-dealkylation sites (N-methyl/N-ethyl adjacent to an activating group) is 1. The van der Waals surface area contributed by atoms with E-state index in [-0.39, 0.29) is 0 Å². The Bertz CT molecular complexity index is 1100. The Morgan fingerprint density at radius 3 is 1.24 bits per heavy atom. The maximum Gasteiger partial charge on any atom is 0.460 e. The highest BCUT2D eigenvalue weighted by atomic mass is 32.2. The summed E-state index contributed by atoms with van der Waals surface area (Å²) < 4.78 is 276. The fraction of sp³-hybridized carbons (Fsp3) is 0.938. The molecule has 0 bridgehead atoms. The summed E-state index contributed by atoms with van der Waals surface area (Å²) >= 11 is 0. The van der Waals surface area contributed by atoms with E-state index >= 15 is 0 Å². The Balaban J connectivity index is 6.58. The number of carbonyl (C=O) groups excluding carboxylic acids is 1. The summed E-state index contributed by atoms with van der Waals surface area (Å²) in [7, 11) is -5.35. The highest BCUT2D eigenvalue weighted by Gasteiger charge is 2.97. The molecule has 0 fully saturated rings. The second-order valence-electron chi connectivity index (χ2n) is 8.98. The number of carboxylic acid groups (broad SMARTS) is 1. The lowest BCUT2D eigenvalue weighted by molar-refractivity contribution is -0.884. The summed E-state index contributed by atoms with van der Waals surface area (Å²) in [6, 6.07) is 0. The van der Waals surface area contributed by atoms with Crippen molar-refractivity contribution in [3.8, 4) is 0 Å². The molecule has 0 aromatic rings. The first-order valence-corrected chi connectivity index (χ1v) is 11.5. The van der Waals surface area contributed by atoms with Crippen molar-refractivity contribution in [3.63, 3.8) is 0 Å². The maximum atomic E-state index is 13.9. The summed E-state index contributed by atoms with van der Waals surface area (Å²) in [5.74, 6) is -63.9. The molecule has 0 amide bonds. The molecule has 6 nitrogen and oxygen atoms in total. The highest BCUT2D eigenvalue weighted by Crippen LogP contribution is 2.65. The van der Waals surface area contributed by atoms with Crippen molar-refractivity contribution in [3.05, 3.63) is 0 Å². The van der Waals surface area contributed by atoms with Gasteiger partial charge < -0.3 is 14.4 Å². The van der Waals surface area contributed by atoms with Gasteiger partial charge in [0.1, 0.15) is 6.54 Å². The number of sulfonamides is 1. The first-order valence-electron chi connectivity index (χ1n) is 9.97. The first-order chi connectivity index (χ1) is 17.9. The summed E-state index contributed by atoms with van der Waals surface area (Å²) in [4.78, 5) is 10.5. The molecule has 0 unspecified atom stereocenters. The van der Waals surface area contributed by atoms with Gasteiger partial charge in [-0.1, -0.05) is 0 Å². The predicted molar refractivity (Wildman–Crippen MR) is 94.0 cm³/mol. The standard InChI is InChI=1S/C16H15F19N2O4S/c1-37(2,6-7(38)39)5-3-4-36-42(40,41)16(34,35)14(29,30)12(25,26)10(21,22)8(17,18)9(19,20)11(23,24)13(27,28)15(31,32)33/h36H,3-6H2,1-2H3. The number of rotatable bonds is 15. The number of hydrogen-bond donors (Lipinski definition) is 1. The van der Waals surface area contributed by atoms with Crippen LogP contribution in [0.4, 0.5) is 83.4 Å². The van der Waals surface area contributed by atoms with Gasteiger partial charge in [-0.15, -0.1) is 0 Å². The molecule has 0 aliphatic carbocycles. The third-order valence-corrected chi connectivity index (χ3v) is 6.73. The number of carbonyl (C=O) groups is 1. The molecule has 0 radical (unpaired) electrons. The molecule has 0 heterocycles. The second kappa shape index (κ2) is 10.9. The number of carboxylic acids is 1. The zero-order valence-electron chi connectivity index (χ0n) is 20.0. The van der Waals surface area contributed by atoms with Crippen molar-refractivity contribution >= 4 is 16.0 Å². The van der Waals surface area contributed by atoms with Crippen molar-refractivity contribution in [1.29, 1.82) is 0 Å². The SMILES string of the molecule is C[N+](C)(CCCNS(=O)(=O)C(F)(F)C(F)(F)C(F)(F)C(F)(F)C(F)(F)C(F)(F)C(F)(F)C(F)(F)C(F)(F)F)CC(=O)[O-]. The monoisotopic (exact) mass is 692 g/mol. The molecular weight excluding hydrogens is 677 g/mol. The number of nitrogens with one attached hydrogen (secondary N) is 1. The Morgan fingerprint density at radius 2 is 0.929 bits per heavy atom. The molecule has 42 heavy (non-hydrogen) atoms. The number of hydrogen-bond acceptors (Lipinski definition) is 4. The minimum absolute atomic E-state index is 0.396. The van der Waals surface area contributed by atoms with Gasteiger partial charge in [0.25, 0.3) is 10.0 Å². The van der Waals surface area contributed by atoms with Crippen LogP contribution in [-0.4, -0.2) is 105 Å². The number of alkyl halides is 19. The van der Waals surface area contributed by atoms with Gasteiger partial charge in [0.05, 0.1) is 26.6 Å². The van der Waals surface area contributed by atoms with Gasteiger partial charge >= 0.3 is 52.9 Å². The summed E-state index contributed by atoms with van der Waals surface area (Å²) in [6.45, 7) is -2.96. The highest BCUT2D eigenvalue weighted by molar-refractivity contribution is 7.90. The lowest BCUT2D eigenvalue weighted by atomic mass is 9.89. The zero-order chi connectivity index (χ0) is 34.6. The molecule has 252 valence electrons. The van der Waals surface area contributed by atoms with E-state index < -0.39 is 99.4 Å². The number of aliphatic carboxylic acids is 1. The van der Waals surface area contributed by atoms with E-state index in [1.807, 2.05) is 0 Å². The van der Waals surface area contributed by atoms with Gasteiger partial charge in [-0.3, -0.25) is 0 Å². The third-order valence-electron chi connectivity index (χ3n) is 5.21. The van der Waals surface area contributed by atoms with Gasteiger partial charge in [-0.25, -0.2) is 13.1 Å². The van der Waals surface area contributed by atoms with Crippen molar-refractivity contribution in [2.75, 3.05) is 33.7 Å². The molecule has 0 saturated heterocycles. The van der Waals surface area contributed by atoms with Crippen LogP contribution in [0.2, 0.25) is 0 Å². The Morgan fingerprint density at radius 1 is 0.619 bits per heavy atom. The first kappa shape index (κ1) is 40.0. The number of quaternary nitrogens is 1. The van der Waals surface area contributed by atoms with E-state index in [2.05, 4.69) is 0 Å². The number of halogens is 19. The van der Waals surface area contributed by atoms with Crippen LogP contribution in [0.1, 0.15) is 6.42 Å². The molecule has 0 spiro atoms. The van der Waals surface area contributed by atoms with Crippen molar-refractivity contribution in [2.45, 2.75) is 59.3 Å². The molecule has 0 atom stereocenters. The van der Waals surface area contributed by atoms with Crippen LogP contribution in [0.5, 0.6) is 0 Å². The van der Waals surface area contributed by atoms with Gasteiger partial charge in [0.2, 0.25) is 0 Å². The summed E-state index contributed by atoms with van der Waals surface area (Å²) in [5.41, 5.74) is 0. The van der Waals surface area contributed by atoms with Crippen molar-refractivity contribution < 1.29 is 106 Å². The molecule has 0 aromatic carbocycles. The summed E-state index contributed by atoms with van der Waals surface area (Å²) in [5, 5.41) is 2.76. The van der Waals surface area contributed by atoms with Crippen LogP contribution in [0, 0.1) is 0 Å². The van der Waals surface area contributed by atoms with Gasteiger partial charge in [0.15, 0.2) is 0 Å². The van der Waals surface area contributed by atoms with Gasteiger partial charge in [0, 0.05) is 13.0 Å². The second-order valence-corrected chi connectivity index (χ2v) is 10.8. The van der Waals surface area contributed by atoms with Crippen molar-refractivity contribution in [1.82, 2.24) is 4.72 Å². The fourth-order valence-corrected chi connectivity index (χ4v) is 3.81. The van der Waals surface area contributed by atoms with E-state index in [9.17, 15) is 102 Å². The maximum absolute atomic E-state index is 13.9. The molecular formula is C16H15F19N2O4S. The molecule has 0 saturated carbocycles. The molecule has 0 aliphatic rings. The summed E-state index contributed by atoms with van der Waals surface area (Å²) in [6.07, 6.45) is -8.86. The van der Waals surface area contributed by atoms with E-state index in [1.54, 1.807) is 0 Å². The largest absolute Gasteiger partial charge is 0.544 e.